The Balaban J connectivity index is 2.36. The molecule has 0 aromatic heterocycles. The summed E-state index contributed by atoms with van der Waals surface area (Å²) in [4.78, 5) is 12.4. The summed E-state index contributed by atoms with van der Waals surface area (Å²) in [6.07, 6.45) is 0. The van der Waals surface area contributed by atoms with Crippen LogP contribution in [0.25, 0.3) is 0 Å². The zero-order chi connectivity index (χ0) is 15.6. The van der Waals surface area contributed by atoms with Gasteiger partial charge in [-0.3, -0.25) is 4.79 Å². The van der Waals surface area contributed by atoms with Gasteiger partial charge in [0.15, 0.2) is 0 Å². The molecular formula is C15H14BrClN2O2. The topological polar surface area (TPSA) is 64.3 Å². The van der Waals surface area contributed by atoms with E-state index in [0.717, 1.165) is 10.0 Å². The summed E-state index contributed by atoms with van der Waals surface area (Å²) >= 11 is 9.23. The number of carbonyl (C=O) groups is 1. The van der Waals surface area contributed by atoms with E-state index in [0.29, 0.717) is 27.7 Å². The third-order valence-corrected chi connectivity index (χ3v) is 3.67. The van der Waals surface area contributed by atoms with E-state index in [1.807, 2.05) is 13.0 Å². The van der Waals surface area contributed by atoms with E-state index in [1.54, 1.807) is 31.4 Å². The van der Waals surface area contributed by atoms with E-state index in [9.17, 15) is 4.79 Å². The van der Waals surface area contributed by atoms with Crippen molar-refractivity contribution >= 4 is 44.8 Å². The van der Waals surface area contributed by atoms with Gasteiger partial charge in [0.2, 0.25) is 0 Å². The molecule has 2 aromatic carbocycles. The number of amides is 1. The van der Waals surface area contributed by atoms with Crippen LogP contribution in [0, 0.1) is 6.92 Å². The minimum absolute atomic E-state index is 0.312. The number of anilines is 2. The maximum atomic E-state index is 12.4. The van der Waals surface area contributed by atoms with E-state index in [2.05, 4.69) is 21.2 Å². The van der Waals surface area contributed by atoms with Gasteiger partial charge < -0.3 is 15.8 Å². The molecule has 0 aliphatic heterocycles. The van der Waals surface area contributed by atoms with Gasteiger partial charge in [0.05, 0.1) is 18.4 Å². The van der Waals surface area contributed by atoms with Gasteiger partial charge in [-0.15, -0.1) is 0 Å². The third kappa shape index (κ3) is 3.49. The first-order chi connectivity index (χ1) is 9.92. The second-order valence-electron chi connectivity index (χ2n) is 4.49. The van der Waals surface area contributed by atoms with E-state index >= 15 is 0 Å². The van der Waals surface area contributed by atoms with Crippen molar-refractivity contribution in [2.75, 3.05) is 18.2 Å². The van der Waals surface area contributed by atoms with Gasteiger partial charge in [0.25, 0.3) is 5.91 Å². The van der Waals surface area contributed by atoms with Crippen LogP contribution in [0.5, 0.6) is 5.75 Å². The molecule has 0 bridgehead atoms. The van der Waals surface area contributed by atoms with Gasteiger partial charge in [0, 0.05) is 15.2 Å². The maximum Gasteiger partial charge on any atom is 0.257 e. The lowest BCUT2D eigenvalue weighted by Crippen LogP contribution is -2.15. The summed E-state index contributed by atoms with van der Waals surface area (Å²) in [6.45, 7) is 1.88. The van der Waals surface area contributed by atoms with Crippen molar-refractivity contribution < 1.29 is 9.53 Å². The largest absolute Gasteiger partial charge is 0.495 e. The predicted octanol–water partition coefficient (Wildman–Crippen LogP) is 4.25. The molecule has 0 radical (unpaired) electrons. The highest BCUT2D eigenvalue weighted by Crippen LogP contribution is 2.32. The van der Waals surface area contributed by atoms with Crippen molar-refractivity contribution in [3.8, 4) is 5.75 Å². The van der Waals surface area contributed by atoms with Crippen molar-refractivity contribution in [3.05, 3.63) is 51.0 Å². The van der Waals surface area contributed by atoms with E-state index in [4.69, 9.17) is 22.1 Å². The van der Waals surface area contributed by atoms with Gasteiger partial charge in [0.1, 0.15) is 5.75 Å². The SMILES string of the molecule is COc1cc(Br)cc(C)c1NC(=O)c1ccc(Cl)cc1N. The number of carbonyl (C=O) groups excluding carboxylic acids is 1. The Hall–Kier alpha value is -1.72. The van der Waals surface area contributed by atoms with Gasteiger partial charge in [-0.25, -0.2) is 0 Å². The molecule has 0 fully saturated rings. The Morgan fingerprint density at radius 1 is 1.33 bits per heavy atom. The lowest BCUT2D eigenvalue weighted by atomic mass is 10.1. The molecule has 110 valence electrons. The molecule has 21 heavy (non-hydrogen) atoms. The second-order valence-corrected chi connectivity index (χ2v) is 5.84. The number of ether oxygens (including phenoxy) is 1. The fourth-order valence-corrected chi connectivity index (χ4v) is 2.69. The van der Waals surface area contributed by atoms with Crippen molar-refractivity contribution in [3.63, 3.8) is 0 Å². The molecule has 0 spiro atoms. The number of hydrogen-bond acceptors (Lipinski definition) is 3. The number of halogens is 2. The number of hydrogen-bond donors (Lipinski definition) is 2. The number of aryl methyl sites for hydroxylation is 1. The van der Waals surface area contributed by atoms with E-state index in [1.165, 1.54) is 0 Å². The van der Waals surface area contributed by atoms with Crippen LogP contribution in [0.15, 0.2) is 34.8 Å². The standard InChI is InChI=1S/C15H14BrClN2O2/c1-8-5-9(16)6-13(21-2)14(8)19-15(20)11-4-3-10(17)7-12(11)18/h3-7H,18H2,1-2H3,(H,19,20). The first kappa shape index (κ1) is 15.7. The smallest absolute Gasteiger partial charge is 0.257 e. The lowest BCUT2D eigenvalue weighted by molar-refractivity contribution is 0.102. The van der Waals surface area contributed by atoms with Crippen molar-refractivity contribution in [1.82, 2.24) is 0 Å². The molecule has 2 rings (SSSR count). The van der Waals surface area contributed by atoms with Crippen LogP contribution in [-0.2, 0) is 0 Å². The maximum absolute atomic E-state index is 12.4. The van der Waals surface area contributed by atoms with Crippen molar-refractivity contribution in [2.45, 2.75) is 6.92 Å². The third-order valence-electron chi connectivity index (χ3n) is 2.98. The molecule has 4 nitrogen and oxygen atoms in total. The molecule has 0 heterocycles. The average molecular weight is 370 g/mol. The molecule has 2 aromatic rings. The summed E-state index contributed by atoms with van der Waals surface area (Å²) in [5.41, 5.74) is 8.00. The Bertz CT molecular complexity index is 704. The summed E-state index contributed by atoms with van der Waals surface area (Å²) in [5.74, 6) is 0.260. The molecule has 3 N–H and O–H groups in total. The lowest BCUT2D eigenvalue weighted by Gasteiger charge is -2.14. The predicted molar refractivity (Wildman–Crippen MR) is 89.2 cm³/mol. The molecule has 0 saturated carbocycles. The number of nitrogen functional groups attached to an aromatic ring is 1. The van der Waals surface area contributed by atoms with Crippen molar-refractivity contribution in [1.29, 1.82) is 0 Å². The Morgan fingerprint density at radius 2 is 2.05 bits per heavy atom. The van der Waals surface area contributed by atoms with Gasteiger partial charge in [-0.1, -0.05) is 27.5 Å². The summed E-state index contributed by atoms with van der Waals surface area (Å²) in [7, 11) is 1.55. The first-order valence-corrected chi connectivity index (χ1v) is 7.30. The van der Waals surface area contributed by atoms with Gasteiger partial charge >= 0.3 is 0 Å². The number of nitrogens with two attached hydrogens (primary N) is 1. The Labute approximate surface area is 136 Å². The molecular weight excluding hydrogens is 356 g/mol. The first-order valence-electron chi connectivity index (χ1n) is 6.13. The summed E-state index contributed by atoms with van der Waals surface area (Å²) < 4.78 is 6.17. The zero-order valence-corrected chi connectivity index (χ0v) is 13.9. The number of benzene rings is 2. The molecule has 0 unspecified atom stereocenters. The highest BCUT2D eigenvalue weighted by Gasteiger charge is 2.15. The number of nitrogens with one attached hydrogen (secondary N) is 1. The number of methoxy groups -OCH3 is 1. The minimum Gasteiger partial charge on any atom is -0.495 e. The van der Waals surface area contributed by atoms with Gasteiger partial charge in [-0.2, -0.15) is 0 Å². The van der Waals surface area contributed by atoms with Crippen LogP contribution < -0.4 is 15.8 Å². The van der Waals surface area contributed by atoms with E-state index in [-0.39, 0.29) is 5.91 Å². The van der Waals surface area contributed by atoms with Crippen LogP contribution in [0.3, 0.4) is 0 Å². The van der Waals surface area contributed by atoms with Crippen molar-refractivity contribution in [2.24, 2.45) is 0 Å². The minimum atomic E-state index is -0.312. The highest BCUT2D eigenvalue weighted by atomic mass is 79.9. The normalized spacial score (nSPS) is 10.3. The quantitative estimate of drug-likeness (QED) is 0.795. The van der Waals surface area contributed by atoms with Crippen LogP contribution in [-0.4, -0.2) is 13.0 Å². The number of rotatable bonds is 3. The molecule has 0 saturated heterocycles. The van der Waals surface area contributed by atoms with Crippen LogP contribution >= 0.6 is 27.5 Å². The molecule has 6 heteroatoms. The fourth-order valence-electron chi connectivity index (χ4n) is 1.95. The summed E-state index contributed by atoms with van der Waals surface area (Å²) in [6, 6.07) is 8.44. The van der Waals surface area contributed by atoms with E-state index < -0.39 is 0 Å². The van der Waals surface area contributed by atoms with Gasteiger partial charge in [-0.05, 0) is 42.8 Å². The molecule has 0 atom stereocenters. The molecule has 1 amide bonds. The average Bonchev–Trinajstić information content (AvgIpc) is 2.41. The molecule has 0 aliphatic rings. The zero-order valence-electron chi connectivity index (χ0n) is 11.5. The Kier molecular flexibility index (Phi) is 4.75. The van der Waals surface area contributed by atoms with Crippen LogP contribution in [0.2, 0.25) is 5.02 Å². The monoisotopic (exact) mass is 368 g/mol. The summed E-state index contributed by atoms with van der Waals surface area (Å²) in [5, 5.41) is 3.31. The fraction of sp³-hybridized carbons (Fsp3) is 0.133. The Morgan fingerprint density at radius 3 is 2.67 bits per heavy atom. The second kappa shape index (κ2) is 6.37. The molecule has 0 aliphatic carbocycles. The van der Waals surface area contributed by atoms with Crippen LogP contribution in [0.1, 0.15) is 15.9 Å². The van der Waals surface area contributed by atoms with Crippen LogP contribution in [0.4, 0.5) is 11.4 Å². The highest BCUT2D eigenvalue weighted by molar-refractivity contribution is 9.10.